The van der Waals surface area contributed by atoms with Gasteiger partial charge in [0.05, 0.1) is 13.2 Å². The molecule has 4 rings (SSSR count). The van der Waals surface area contributed by atoms with E-state index < -0.39 is 5.82 Å². The van der Waals surface area contributed by atoms with Crippen molar-refractivity contribution in [3.05, 3.63) is 47.8 Å². The second kappa shape index (κ2) is 7.53. The molecule has 5 nitrogen and oxygen atoms in total. The third-order valence-corrected chi connectivity index (χ3v) is 5.12. The normalized spacial score (nSPS) is 21.1. The number of halogens is 2. The van der Waals surface area contributed by atoms with Crippen LogP contribution in [0.3, 0.4) is 0 Å². The van der Waals surface area contributed by atoms with Gasteiger partial charge in [-0.15, -0.1) is 0 Å². The smallest absolute Gasteiger partial charge is 0.134 e. The van der Waals surface area contributed by atoms with Gasteiger partial charge in [0.25, 0.3) is 0 Å². The molecule has 1 unspecified atom stereocenters. The maximum Gasteiger partial charge on any atom is 0.134 e. The summed E-state index contributed by atoms with van der Waals surface area (Å²) in [6.45, 7) is 4.50. The van der Waals surface area contributed by atoms with Crippen LogP contribution in [-0.4, -0.2) is 49.4 Å². The fourth-order valence-electron chi connectivity index (χ4n) is 3.74. The molecule has 2 saturated heterocycles. The molecule has 26 heavy (non-hydrogen) atoms. The lowest BCUT2D eigenvalue weighted by atomic mass is 9.90. The third-order valence-electron chi connectivity index (χ3n) is 5.12. The average molecular weight is 360 g/mol. The summed E-state index contributed by atoms with van der Waals surface area (Å²) in [5.74, 6) is 0.951. The predicted molar refractivity (Wildman–Crippen MR) is 95.6 cm³/mol. The Kier molecular flexibility index (Phi) is 4.97. The summed E-state index contributed by atoms with van der Waals surface area (Å²) in [6, 6.07) is 5.68. The lowest BCUT2D eigenvalue weighted by Crippen LogP contribution is -2.38. The standard InChI is InChI=1S/C19H22F2N4O/c20-15-3-4-17(21)16(10-15)14-2-1-5-25(12-14)19-11-18(22-13-23-19)24-6-8-26-9-7-24/h3-4,10-11,13-14H,1-2,5-9,12H2. The highest BCUT2D eigenvalue weighted by Crippen LogP contribution is 2.31. The summed E-state index contributed by atoms with van der Waals surface area (Å²) in [5, 5.41) is 0. The monoisotopic (exact) mass is 360 g/mol. The van der Waals surface area contributed by atoms with E-state index in [9.17, 15) is 8.78 Å². The summed E-state index contributed by atoms with van der Waals surface area (Å²) in [5.41, 5.74) is 0.456. The highest BCUT2D eigenvalue weighted by Gasteiger charge is 2.25. The fraction of sp³-hybridized carbons (Fsp3) is 0.474. The van der Waals surface area contributed by atoms with E-state index in [2.05, 4.69) is 19.8 Å². The van der Waals surface area contributed by atoms with Crippen molar-refractivity contribution in [2.45, 2.75) is 18.8 Å². The Bertz CT molecular complexity index is 767. The van der Waals surface area contributed by atoms with E-state index in [1.165, 1.54) is 18.2 Å². The van der Waals surface area contributed by atoms with E-state index in [0.717, 1.165) is 44.1 Å². The molecular weight excluding hydrogens is 338 g/mol. The zero-order valence-electron chi connectivity index (χ0n) is 14.6. The summed E-state index contributed by atoms with van der Waals surface area (Å²) in [6.07, 6.45) is 3.34. The lowest BCUT2D eigenvalue weighted by molar-refractivity contribution is 0.122. The van der Waals surface area contributed by atoms with Crippen LogP contribution in [0.1, 0.15) is 24.3 Å². The molecule has 7 heteroatoms. The van der Waals surface area contributed by atoms with Gasteiger partial charge >= 0.3 is 0 Å². The molecule has 2 fully saturated rings. The summed E-state index contributed by atoms with van der Waals surface area (Å²) >= 11 is 0. The van der Waals surface area contributed by atoms with E-state index in [-0.39, 0.29) is 11.7 Å². The summed E-state index contributed by atoms with van der Waals surface area (Å²) in [7, 11) is 0. The van der Waals surface area contributed by atoms with Gasteiger partial charge in [0.2, 0.25) is 0 Å². The highest BCUT2D eigenvalue weighted by molar-refractivity contribution is 5.51. The minimum atomic E-state index is -0.393. The Hall–Kier alpha value is -2.28. The molecule has 0 bridgehead atoms. The number of aromatic nitrogens is 2. The molecule has 1 aromatic carbocycles. The van der Waals surface area contributed by atoms with Crippen molar-refractivity contribution in [1.29, 1.82) is 0 Å². The van der Waals surface area contributed by atoms with Gasteiger partial charge in [-0.25, -0.2) is 18.7 Å². The van der Waals surface area contributed by atoms with Crippen LogP contribution >= 0.6 is 0 Å². The fourth-order valence-corrected chi connectivity index (χ4v) is 3.74. The van der Waals surface area contributed by atoms with Gasteiger partial charge in [0, 0.05) is 38.2 Å². The zero-order chi connectivity index (χ0) is 17.9. The number of rotatable bonds is 3. The number of anilines is 2. The molecule has 0 spiro atoms. The van der Waals surface area contributed by atoms with Crippen LogP contribution in [0.5, 0.6) is 0 Å². The molecule has 0 amide bonds. The largest absolute Gasteiger partial charge is 0.378 e. The van der Waals surface area contributed by atoms with Crippen LogP contribution in [0, 0.1) is 11.6 Å². The Labute approximate surface area is 151 Å². The number of benzene rings is 1. The summed E-state index contributed by atoms with van der Waals surface area (Å²) < 4.78 is 33.1. The van der Waals surface area contributed by atoms with E-state index in [4.69, 9.17) is 4.74 Å². The van der Waals surface area contributed by atoms with Crippen molar-refractivity contribution < 1.29 is 13.5 Å². The van der Waals surface area contributed by atoms with Crippen molar-refractivity contribution in [3.8, 4) is 0 Å². The van der Waals surface area contributed by atoms with Gasteiger partial charge < -0.3 is 14.5 Å². The minimum Gasteiger partial charge on any atom is -0.378 e. The number of morpholine rings is 1. The maximum atomic E-state index is 14.2. The molecule has 0 aliphatic carbocycles. The number of nitrogens with zero attached hydrogens (tertiary/aromatic N) is 4. The van der Waals surface area contributed by atoms with Gasteiger partial charge in [-0.1, -0.05) is 0 Å². The van der Waals surface area contributed by atoms with E-state index >= 15 is 0 Å². The lowest BCUT2D eigenvalue weighted by Gasteiger charge is -2.34. The highest BCUT2D eigenvalue weighted by atomic mass is 19.1. The van der Waals surface area contributed by atoms with Crippen molar-refractivity contribution >= 4 is 11.6 Å². The third kappa shape index (κ3) is 3.62. The molecule has 1 aromatic heterocycles. The van der Waals surface area contributed by atoms with Crippen LogP contribution < -0.4 is 9.80 Å². The molecule has 0 saturated carbocycles. The van der Waals surface area contributed by atoms with Gasteiger partial charge in [-0.3, -0.25) is 0 Å². The van der Waals surface area contributed by atoms with Crippen molar-refractivity contribution in [2.24, 2.45) is 0 Å². The Balaban J connectivity index is 1.53. The Morgan fingerprint density at radius 2 is 1.73 bits per heavy atom. The minimum absolute atomic E-state index is 0.0405. The Morgan fingerprint density at radius 3 is 2.54 bits per heavy atom. The van der Waals surface area contributed by atoms with E-state index in [1.807, 2.05) is 6.07 Å². The molecule has 2 aliphatic rings. The van der Waals surface area contributed by atoms with Crippen LogP contribution in [0.25, 0.3) is 0 Å². The molecule has 138 valence electrons. The number of hydrogen-bond donors (Lipinski definition) is 0. The molecule has 0 radical (unpaired) electrons. The number of hydrogen-bond acceptors (Lipinski definition) is 5. The van der Waals surface area contributed by atoms with Gasteiger partial charge in [-0.05, 0) is 36.6 Å². The van der Waals surface area contributed by atoms with Crippen molar-refractivity contribution in [3.63, 3.8) is 0 Å². The average Bonchev–Trinajstić information content (AvgIpc) is 2.71. The van der Waals surface area contributed by atoms with Crippen LogP contribution in [-0.2, 0) is 4.74 Å². The van der Waals surface area contributed by atoms with E-state index in [1.54, 1.807) is 6.33 Å². The molecule has 2 aliphatic heterocycles. The molecule has 2 aromatic rings. The molecular formula is C19H22F2N4O. The van der Waals surface area contributed by atoms with Gasteiger partial charge in [-0.2, -0.15) is 0 Å². The van der Waals surface area contributed by atoms with Crippen molar-refractivity contribution in [2.75, 3.05) is 49.2 Å². The van der Waals surface area contributed by atoms with Crippen LogP contribution in [0.4, 0.5) is 20.4 Å². The van der Waals surface area contributed by atoms with Crippen molar-refractivity contribution in [1.82, 2.24) is 9.97 Å². The quantitative estimate of drug-likeness (QED) is 0.842. The van der Waals surface area contributed by atoms with Crippen LogP contribution in [0.2, 0.25) is 0 Å². The second-order valence-electron chi connectivity index (χ2n) is 6.78. The zero-order valence-corrected chi connectivity index (χ0v) is 14.6. The molecule has 3 heterocycles. The van der Waals surface area contributed by atoms with E-state index in [0.29, 0.717) is 25.3 Å². The first kappa shape index (κ1) is 17.1. The SMILES string of the molecule is Fc1ccc(F)c(C2CCCN(c3cc(N4CCOCC4)ncn3)C2)c1. The molecule has 1 atom stereocenters. The van der Waals surface area contributed by atoms with Gasteiger partial charge in [0.15, 0.2) is 0 Å². The second-order valence-corrected chi connectivity index (χ2v) is 6.78. The molecule has 0 N–H and O–H groups in total. The predicted octanol–water partition coefficient (Wildman–Crippen LogP) is 2.98. The van der Waals surface area contributed by atoms with Gasteiger partial charge in [0.1, 0.15) is 29.6 Å². The van der Waals surface area contributed by atoms with Crippen LogP contribution in [0.15, 0.2) is 30.6 Å². The number of piperidine rings is 1. The number of ether oxygens (including phenoxy) is 1. The first-order chi connectivity index (χ1) is 12.7. The first-order valence-electron chi connectivity index (χ1n) is 9.05. The summed E-state index contributed by atoms with van der Waals surface area (Å²) in [4.78, 5) is 13.1. The maximum absolute atomic E-state index is 14.2. The first-order valence-corrected chi connectivity index (χ1v) is 9.05. The Morgan fingerprint density at radius 1 is 0.962 bits per heavy atom. The topological polar surface area (TPSA) is 41.5 Å².